The average Bonchev–Trinajstić information content (AvgIpc) is 3.97. The van der Waals surface area contributed by atoms with Crippen LogP contribution in [0.4, 0.5) is 0 Å². The Kier molecular flexibility index (Phi) is 17.3. The fourth-order valence-electron chi connectivity index (χ4n) is 6.28. The van der Waals surface area contributed by atoms with Crippen molar-refractivity contribution in [2.24, 2.45) is 0 Å². The van der Waals surface area contributed by atoms with Crippen LogP contribution in [-0.2, 0) is 19.2 Å². The lowest BCUT2D eigenvalue weighted by atomic mass is 10.2. The van der Waals surface area contributed by atoms with Crippen LogP contribution in [0.3, 0.4) is 0 Å². The van der Waals surface area contributed by atoms with Gasteiger partial charge in [-0.2, -0.15) is 0 Å². The maximum absolute atomic E-state index is 12.4. The summed E-state index contributed by atoms with van der Waals surface area (Å²) in [5.74, 6) is 0.0535. The highest BCUT2D eigenvalue weighted by Crippen LogP contribution is 2.13. The van der Waals surface area contributed by atoms with E-state index in [0.717, 1.165) is 100 Å². The Morgan fingerprint density at radius 1 is 0.400 bits per heavy atom. The molecule has 0 unspecified atom stereocenters. The zero-order valence-corrected chi connectivity index (χ0v) is 29.6. The minimum Gasteiger partial charge on any atom is -0.352 e. The molecule has 0 aliphatic heterocycles. The van der Waals surface area contributed by atoms with Crippen LogP contribution in [0, 0.1) is 0 Å². The minimum absolute atomic E-state index is 0.0134. The number of unbranched alkanes of at least 4 members (excludes halogenated alkanes) is 1. The second kappa shape index (κ2) is 22.4. The van der Waals surface area contributed by atoms with Crippen molar-refractivity contribution in [2.75, 3.05) is 65.4 Å². The van der Waals surface area contributed by atoms with Crippen LogP contribution in [0.25, 0.3) is 0 Å². The fraction of sp³-hybridized carbons (Fsp3) is 0.500. The van der Waals surface area contributed by atoms with Gasteiger partial charge in [-0.05, 0) is 103 Å². The number of hydrogen-bond donors (Lipinski definition) is 4. The molecule has 0 fully saturated rings. The number of carbonyl (C=O) groups excluding carboxylic acids is 4. The lowest BCUT2D eigenvalue weighted by Crippen LogP contribution is -2.35. The third-order valence-electron chi connectivity index (χ3n) is 9.20. The van der Waals surface area contributed by atoms with Crippen LogP contribution < -0.4 is 21.3 Å². The molecule has 0 aromatic heterocycles. The van der Waals surface area contributed by atoms with Crippen molar-refractivity contribution in [3.05, 3.63) is 95.2 Å². The van der Waals surface area contributed by atoms with Gasteiger partial charge in [0.1, 0.15) is 0 Å². The molecule has 0 atom stereocenters. The van der Waals surface area contributed by atoms with E-state index in [9.17, 15) is 19.2 Å². The Hall–Kier alpha value is -4.28. The van der Waals surface area contributed by atoms with Gasteiger partial charge in [-0.15, -0.1) is 0 Å². The Labute approximate surface area is 298 Å². The number of nitrogens with one attached hydrogen (secondary N) is 4. The zero-order valence-electron chi connectivity index (χ0n) is 29.6. The Morgan fingerprint density at radius 3 is 0.860 bits per heavy atom. The molecule has 0 aromatic carbocycles. The normalized spacial score (nSPS) is 15.8. The summed E-state index contributed by atoms with van der Waals surface area (Å²) in [5.41, 5.74) is 3.25. The molecule has 4 rings (SSSR count). The first-order valence-corrected chi connectivity index (χ1v) is 18.5. The Bertz CT molecular complexity index is 1210. The van der Waals surface area contributed by atoms with Crippen molar-refractivity contribution in [3.8, 4) is 0 Å². The van der Waals surface area contributed by atoms with Gasteiger partial charge >= 0.3 is 0 Å². The number of hydrogen-bond acceptors (Lipinski definition) is 6. The first-order valence-electron chi connectivity index (χ1n) is 18.5. The monoisotopic (exact) mass is 684 g/mol. The predicted octanol–water partition coefficient (Wildman–Crippen LogP) is 3.94. The van der Waals surface area contributed by atoms with Crippen LogP contribution in [0.1, 0.15) is 64.2 Å². The molecule has 4 aliphatic rings. The molecule has 0 heterocycles. The number of amides is 4. The predicted molar refractivity (Wildman–Crippen MR) is 200 cm³/mol. The van der Waals surface area contributed by atoms with E-state index in [1.807, 2.05) is 72.9 Å². The molecule has 0 bridgehead atoms. The van der Waals surface area contributed by atoms with Crippen molar-refractivity contribution in [3.63, 3.8) is 0 Å². The van der Waals surface area contributed by atoms with Gasteiger partial charge in [-0.1, -0.05) is 72.9 Å². The van der Waals surface area contributed by atoms with Gasteiger partial charge < -0.3 is 31.1 Å². The van der Waals surface area contributed by atoms with Crippen molar-refractivity contribution >= 4 is 23.6 Å². The summed E-state index contributed by atoms with van der Waals surface area (Å²) in [4.78, 5) is 54.4. The Morgan fingerprint density at radius 2 is 0.640 bits per heavy atom. The lowest BCUT2D eigenvalue weighted by Gasteiger charge is -2.25. The average molecular weight is 685 g/mol. The van der Waals surface area contributed by atoms with Gasteiger partial charge in [0.15, 0.2) is 0 Å². The fourth-order valence-corrected chi connectivity index (χ4v) is 6.28. The lowest BCUT2D eigenvalue weighted by molar-refractivity contribution is -0.118. The van der Waals surface area contributed by atoms with Crippen molar-refractivity contribution in [1.29, 1.82) is 0 Å². The summed E-state index contributed by atoms with van der Waals surface area (Å²) in [7, 11) is 0. The van der Waals surface area contributed by atoms with E-state index in [2.05, 4.69) is 31.1 Å². The van der Waals surface area contributed by atoms with Crippen LogP contribution >= 0.6 is 0 Å². The summed E-state index contributed by atoms with van der Waals surface area (Å²) in [5, 5.41) is 12.2. The highest BCUT2D eigenvalue weighted by atomic mass is 16.2. The summed E-state index contributed by atoms with van der Waals surface area (Å²) in [6.07, 6.45) is 31.5. The quantitative estimate of drug-likeness (QED) is 0.108. The molecule has 10 heteroatoms. The molecule has 0 aromatic rings. The van der Waals surface area contributed by atoms with E-state index >= 15 is 0 Å². The van der Waals surface area contributed by atoms with E-state index in [-0.39, 0.29) is 23.6 Å². The third-order valence-corrected chi connectivity index (χ3v) is 9.20. The molecule has 0 radical (unpaired) electrons. The summed E-state index contributed by atoms with van der Waals surface area (Å²) in [6.45, 7) is 7.92. The number of allylic oxidation sites excluding steroid dienone is 12. The summed E-state index contributed by atoms with van der Waals surface area (Å²) >= 11 is 0. The van der Waals surface area contributed by atoms with E-state index in [1.165, 1.54) is 0 Å². The smallest absolute Gasteiger partial charge is 0.247 e. The van der Waals surface area contributed by atoms with Crippen molar-refractivity contribution in [2.45, 2.75) is 64.2 Å². The maximum Gasteiger partial charge on any atom is 0.247 e. The second-order valence-corrected chi connectivity index (χ2v) is 13.1. The van der Waals surface area contributed by atoms with Crippen LogP contribution in [-0.4, -0.2) is 98.9 Å². The van der Waals surface area contributed by atoms with Crippen molar-refractivity contribution in [1.82, 2.24) is 31.1 Å². The van der Waals surface area contributed by atoms with E-state index in [1.54, 1.807) is 0 Å². The van der Waals surface area contributed by atoms with Gasteiger partial charge in [0, 0.05) is 48.5 Å². The van der Waals surface area contributed by atoms with E-state index in [4.69, 9.17) is 0 Å². The molecule has 0 saturated heterocycles. The molecule has 0 saturated carbocycles. The molecular weight excluding hydrogens is 628 g/mol. The molecule has 50 heavy (non-hydrogen) atoms. The molecule has 10 nitrogen and oxygen atoms in total. The van der Waals surface area contributed by atoms with Crippen molar-refractivity contribution < 1.29 is 19.2 Å². The van der Waals surface area contributed by atoms with Crippen LogP contribution in [0.2, 0.25) is 0 Å². The first kappa shape index (κ1) is 38.5. The van der Waals surface area contributed by atoms with Gasteiger partial charge in [-0.25, -0.2) is 0 Å². The number of nitrogens with zero attached hydrogens (tertiary/aromatic N) is 2. The molecule has 4 N–H and O–H groups in total. The summed E-state index contributed by atoms with van der Waals surface area (Å²) in [6, 6.07) is 0. The molecule has 4 aliphatic carbocycles. The summed E-state index contributed by atoms with van der Waals surface area (Å²) < 4.78 is 0. The molecule has 270 valence electrons. The topological polar surface area (TPSA) is 123 Å². The van der Waals surface area contributed by atoms with Gasteiger partial charge in [-0.3, -0.25) is 19.2 Å². The second-order valence-electron chi connectivity index (χ2n) is 13.1. The van der Waals surface area contributed by atoms with Crippen LogP contribution in [0.5, 0.6) is 0 Å². The van der Waals surface area contributed by atoms with Crippen LogP contribution in [0.15, 0.2) is 95.2 Å². The highest BCUT2D eigenvalue weighted by molar-refractivity contribution is 5.96. The third kappa shape index (κ3) is 14.3. The standard InChI is InChI=1S/C40H56N6O4/c47-37(33-15-1-2-16-33)41-23-11-29-45(30-12-24-42-38(48)34-17-3-4-18-34)27-9-10-28-46(31-13-25-43-39(49)35-19-5-6-20-35)32-14-26-44-40(50)36-21-7-8-22-36/h1-8,15,17,19,21H,9-14,16,18,20,22-32H2,(H,41,47)(H,42,48)(H,43,49)(H,44,50). The van der Waals surface area contributed by atoms with Gasteiger partial charge in [0.05, 0.1) is 0 Å². The van der Waals surface area contributed by atoms with Gasteiger partial charge in [0.2, 0.25) is 23.6 Å². The SMILES string of the molecule is O=C(NCCCN(CCCCN(CCCNC(=O)C1=CC=CC1)CCCNC(=O)C1=CC=CC1)CCCNC(=O)C1=CC=CC1)C1=CC=CC1. The number of rotatable bonds is 25. The maximum atomic E-state index is 12.4. The number of carbonyl (C=O) groups is 4. The minimum atomic E-state index is 0.0134. The zero-order chi connectivity index (χ0) is 35.2. The molecular formula is C40H56N6O4. The highest BCUT2D eigenvalue weighted by Gasteiger charge is 2.14. The first-order chi connectivity index (χ1) is 24.5. The Balaban J connectivity index is 1.18. The molecule has 4 amide bonds. The largest absolute Gasteiger partial charge is 0.352 e. The van der Waals surface area contributed by atoms with E-state index in [0.29, 0.717) is 51.9 Å². The van der Waals surface area contributed by atoms with E-state index < -0.39 is 0 Å². The molecule has 0 spiro atoms. The van der Waals surface area contributed by atoms with Gasteiger partial charge in [0.25, 0.3) is 0 Å².